The van der Waals surface area contributed by atoms with Crippen molar-refractivity contribution < 1.29 is 24.1 Å². The minimum atomic E-state index is -0.766. The minimum Gasteiger partial charge on any atom is -0.444 e. The number of aromatic nitrogens is 2. The number of fused-ring (bicyclic) bond motifs is 2. The number of amides is 1. The lowest BCUT2D eigenvalue weighted by atomic mass is 10.2. The number of carbonyl (C=O) groups excluding carboxylic acids is 1. The molecule has 136 valence electrons. The molecular formula is C17H17N3O6. The summed E-state index contributed by atoms with van der Waals surface area (Å²) in [5.74, 6) is 0.0638. The van der Waals surface area contributed by atoms with Crippen molar-refractivity contribution in [3.05, 3.63) is 58.6 Å². The summed E-state index contributed by atoms with van der Waals surface area (Å²) in [4.78, 5) is 27.8. The maximum Gasteiger partial charge on any atom is 0.413 e. The number of aliphatic hydroxyl groups excluding tert-OH is 1. The van der Waals surface area contributed by atoms with Gasteiger partial charge in [-0.2, -0.15) is 4.98 Å². The van der Waals surface area contributed by atoms with Gasteiger partial charge in [0.25, 0.3) is 0 Å². The van der Waals surface area contributed by atoms with Crippen LogP contribution in [0.15, 0.2) is 47.4 Å². The van der Waals surface area contributed by atoms with Crippen LogP contribution in [-0.2, 0) is 20.8 Å². The van der Waals surface area contributed by atoms with Gasteiger partial charge in [-0.3, -0.25) is 9.88 Å². The van der Waals surface area contributed by atoms with Crippen molar-refractivity contribution in [2.75, 3.05) is 11.9 Å². The molecule has 1 aromatic heterocycles. The fourth-order valence-electron chi connectivity index (χ4n) is 3.01. The Morgan fingerprint density at radius 3 is 2.81 bits per heavy atom. The van der Waals surface area contributed by atoms with Gasteiger partial charge in [-0.05, 0) is 11.6 Å². The van der Waals surface area contributed by atoms with Crippen LogP contribution >= 0.6 is 0 Å². The van der Waals surface area contributed by atoms with Crippen LogP contribution in [0, 0.1) is 0 Å². The van der Waals surface area contributed by atoms with Crippen LogP contribution in [0.3, 0.4) is 0 Å². The number of ether oxygens (including phenoxy) is 3. The second-order valence-electron chi connectivity index (χ2n) is 6.04. The van der Waals surface area contributed by atoms with Crippen LogP contribution < -0.4 is 11.0 Å². The molecule has 0 radical (unpaired) electrons. The number of rotatable bonds is 4. The molecule has 3 heterocycles. The topological polar surface area (TPSA) is 112 Å². The molecule has 2 aromatic rings. The molecule has 4 atom stereocenters. The molecule has 0 aliphatic carbocycles. The second kappa shape index (κ2) is 6.87. The van der Waals surface area contributed by atoms with Crippen molar-refractivity contribution in [2.24, 2.45) is 0 Å². The van der Waals surface area contributed by atoms with E-state index in [1.54, 1.807) is 0 Å². The summed E-state index contributed by atoms with van der Waals surface area (Å²) < 4.78 is 17.3. The van der Waals surface area contributed by atoms with Gasteiger partial charge in [-0.15, -0.1) is 0 Å². The predicted octanol–water partition coefficient (Wildman–Crippen LogP) is 0.649. The quantitative estimate of drug-likeness (QED) is 0.824. The van der Waals surface area contributed by atoms with E-state index >= 15 is 0 Å². The summed E-state index contributed by atoms with van der Waals surface area (Å²) in [7, 11) is 0. The van der Waals surface area contributed by atoms with Crippen molar-refractivity contribution in [2.45, 2.75) is 31.1 Å². The van der Waals surface area contributed by atoms with Gasteiger partial charge >= 0.3 is 11.8 Å². The van der Waals surface area contributed by atoms with E-state index in [1.165, 1.54) is 16.8 Å². The SMILES string of the molecule is O=C(Nc1ccn([C@@H]2O[C@@H]3CO[C@H]2[C@@H]3O)c(=O)n1)OCc1ccccc1. The average molecular weight is 359 g/mol. The number of nitrogens with one attached hydrogen (secondary N) is 1. The number of carbonyl (C=O) groups is 1. The fraction of sp³-hybridized carbons (Fsp3) is 0.353. The van der Waals surface area contributed by atoms with E-state index in [2.05, 4.69) is 10.3 Å². The maximum absolute atomic E-state index is 12.2. The van der Waals surface area contributed by atoms with Crippen LogP contribution in [-0.4, -0.2) is 45.7 Å². The lowest BCUT2D eigenvalue weighted by Gasteiger charge is -2.23. The zero-order chi connectivity index (χ0) is 18.1. The first kappa shape index (κ1) is 16.7. The normalized spacial score (nSPS) is 26.7. The highest BCUT2D eigenvalue weighted by molar-refractivity contribution is 5.83. The van der Waals surface area contributed by atoms with Crippen molar-refractivity contribution in [1.29, 1.82) is 0 Å². The molecule has 1 aromatic carbocycles. The smallest absolute Gasteiger partial charge is 0.413 e. The number of anilines is 1. The van der Waals surface area contributed by atoms with Crippen molar-refractivity contribution >= 4 is 11.9 Å². The van der Waals surface area contributed by atoms with Crippen LogP contribution in [0.2, 0.25) is 0 Å². The molecule has 2 bridgehead atoms. The van der Waals surface area contributed by atoms with Gasteiger partial charge in [0, 0.05) is 6.20 Å². The molecule has 2 aliphatic rings. The number of nitrogens with zero attached hydrogens (tertiary/aromatic N) is 2. The van der Waals surface area contributed by atoms with Crippen LogP contribution in [0.5, 0.6) is 0 Å². The monoisotopic (exact) mass is 359 g/mol. The van der Waals surface area contributed by atoms with Gasteiger partial charge < -0.3 is 19.3 Å². The first-order valence-electron chi connectivity index (χ1n) is 8.14. The van der Waals surface area contributed by atoms with Crippen molar-refractivity contribution in [3.63, 3.8) is 0 Å². The zero-order valence-electron chi connectivity index (χ0n) is 13.6. The summed E-state index contributed by atoms with van der Waals surface area (Å²) in [6.07, 6.45) is -1.82. The average Bonchev–Trinajstić information content (AvgIpc) is 3.16. The zero-order valence-corrected chi connectivity index (χ0v) is 13.6. The third-order valence-corrected chi connectivity index (χ3v) is 4.31. The molecule has 0 saturated carbocycles. The molecule has 9 nitrogen and oxygen atoms in total. The van der Waals surface area contributed by atoms with Gasteiger partial charge in [0.2, 0.25) is 0 Å². The first-order valence-corrected chi connectivity index (χ1v) is 8.14. The highest BCUT2D eigenvalue weighted by Gasteiger charge is 2.51. The van der Waals surface area contributed by atoms with Gasteiger partial charge in [0.1, 0.15) is 30.7 Å². The Labute approximate surface area is 148 Å². The summed E-state index contributed by atoms with van der Waals surface area (Å²) in [5, 5.41) is 12.3. The Morgan fingerprint density at radius 1 is 1.35 bits per heavy atom. The van der Waals surface area contributed by atoms with E-state index in [0.29, 0.717) is 6.61 Å². The fourth-order valence-corrected chi connectivity index (χ4v) is 3.01. The second-order valence-corrected chi connectivity index (χ2v) is 6.04. The van der Waals surface area contributed by atoms with Crippen LogP contribution in [0.1, 0.15) is 11.8 Å². The molecule has 1 amide bonds. The molecule has 2 saturated heterocycles. The Kier molecular flexibility index (Phi) is 4.41. The first-order chi connectivity index (χ1) is 12.6. The van der Waals surface area contributed by atoms with E-state index in [4.69, 9.17) is 14.2 Å². The molecule has 0 spiro atoms. The lowest BCUT2D eigenvalue weighted by Crippen LogP contribution is -2.36. The largest absolute Gasteiger partial charge is 0.444 e. The third-order valence-electron chi connectivity index (χ3n) is 4.31. The van der Waals surface area contributed by atoms with E-state index in [0.717, 1.165) is 5.56 Å². The van der Waals surface area contributed by atoms with E-state index in [-0.39, 0.29) is 12.4 Å². The van der Waals surface area contributed by atoms with Crippen molar-refractivity contribution in [3.8, 4) is 0 Å². The van der Waals surface area contributed by atoms with E-state index < -0.39 is 36.3 Å². The summed E-state index contributed by atoms with van der Waals surface area (Å²) in [6.45, 7) is 0.412. The molecule has 2 aliphatic heterocycles. The van der Waals surface area contributed by atoms with E-state index in [9.17, 15) is 14.7 Å². The van der Waals surface area contributed by atoms with Gasteiger partial charge in [0.15, 0.2) is 6.23 Å². The van der Waals surface area contributed by atoms with E-state index in [1.807, 2.05) is 30.3 Å². The Bertz CT molecular complexity index is 855. The van der Waals surface area contributed by atoms with Crippen molar-refractivity contribution in [1.82, 2.24) is 9.55 Å². The molecule has 0 unspecified atom stereocenters. The molecular weight excluding hydrogens is 342 g/mol. The summed E-state index contributed by atoms with van der Waals surface area (Å²) >= 11 is 0. The lowest BCUT2D eigenvalue weighted by molar-refractivity contribution is -0.128. The maximum atomic E-state index is 12.2. The Hall–Kier alpha value is -2.75. The summed E-state index contributed by atoms with van der Waals surface area (Å²) in [5.41, 5.74) is 0.220. The Balaban J connectivity index is 1.39. The molecule has 2 fully saturated rings. The third kappa shape index (κ3) is 3.19. The predicted molar refractivity (Wildman–Crippen MR) is 88.4 cm³/mol. The van der Waals surface area contributed by atoms with Gasteiger partial charge in [0.05, 0.1) is 6.61 Å². The van der Waals surface area contributed by atoms with Crippen LogP contribution in [0.25, 0.3) is 0 Å². The molecule has 9 heteroatoms. The molecule has 26 heavy (non-hydrogen) atoms. The Morgan fingerprint density at radius 2 is 2.15 bits per heavy atom. The standard InChI is InChI=1S/C17H17N3O6/c21-13-11-9-24-14(13)15(26-11)20-7-6-12(18-16(20)22)19-17(23)25-8-10-4-2-1-3-5-10/h1-7,11,13-15,21H,8-9H2,(H,18,19,22,23)/t11-,13-,14+,15-/m1/s1. The van der Waals surface area contributed by atoms with Crippen LogP contribution in [0.4, 0.5) is 10.6 Å². The number of benzene rings is 1. The molecule has 4 rings (SSSR count). The number of aliphatic hydroxyl groups is 1. The highest BCUT2D eigenvalue weighted by atomic mass is 16.6. The number of hydrogen-bond acceptors (Lipinski definition) is 7. The minimum absolute atomic E-state index is 0.0638. The highest BCUT2D eigenvalue weighted by Crippen LogP contribution is 2.36. The van der Waals surface area contributed by atoms with Gasteiger partial charge in [-0.25, -0.2) is 9.59 Å². The number of hydrogen-bond donors (Lipinski definition) is 2. The van der Waals surface area contributed by atoms with Gasteiger partial charge in [-0.1, -0.05) is 30.3 Å². The summed E-state index contributed by atoms with van der Waals surface area (Å²) in [6, 6.07) is 10.7. The molecule has 2 N–H and O–H groups in total.